The summed E-state index contributed by atoms with van der Waals surface area (Å²) in [5.74, 6) is 0.555. The maximum Gasteiger partial charge on any atom is 0.252 e. The predicted molar refractivity (Wildman–Crippen MR) is 59.0 cm³/mol. The standard InChI is InChI=1S/C11H13ClN2O/c12-7-11(3-4-11)8-14-10(15)9-2-1-5-13-6-9/h1-2,5-6H,3-4,7-8H2,(H,14,15). The fraction of sp³-hybridized carbons (Fsp3) is 0.455. The molecule has 3 nitrogen and oxygen atoms in total. The second kappa shape index (κ2) is 4.19. The lowest BCUT2D eigenvalue weighted by atomic mass is 10.1. The van der Waals surface area contributed by atoms with E-state index in [0.29, 0.717) is 18.0 Å². The molecule has 0 saturated heterocycles. The van der Waals surface area contributed by atoms with Crippen LogP contribution in [0.5, 0.6) is 0 Å². The average Bonchev–Trinajstić information content (AvgIpc) is 3.08. The van der Waals surface area contributed by atoms with Gasteiger partial charge in [0.05, 0.1) is 5.56 Å². The second-order valence-electron chi connectivity index (χ2n) is 4.06. The van der Waals surface area contributed by atoms with E-state index in [-0.39, 0.29) is 11.3 Å². The van der Waals surface area contributed by atoms with Gasteiger partial charge in [-0.1, -0.05) is 0 Å². The number of nitrogens with zero attached hydrogens (tertiary/aromatic N) is 1. The summed E-state index contributed by atoms with van der Waals surface area (Å²) in [6.45, 7) is 0.671. The van der Waals surface area contributed by atoms with E-state index >= 15 is 0 Å². The van der Waals surface area contributed by atoms with Crippen molar-refractivity contribution in [2.75, 3.05) is 12.4 Å². The summed E-state index contributed by atoms with van der Waals surface area (Å²) < 4.78 is 0. The van der Waals surface area contributed by atoms with Crippen molar-refractivity contribution < 1.29 is 4.79 Å². The number of rotatable bonds is 4. The molecule has 0 radical (unpaired) electrons. The summed E-state index contributed by atoms with van der Waals surface area (Å²) in [6.07, 6.45) is 5.45. The summed E-state index contributed by atoms with van der Waals surface area (Å²) in [4.78, 5) is 15.5. The monoisotopic (exact) mass is 224 g/mol. The molecule has 1 saturated carbocycles. The maximum atomic E-state index is 11.6. The Hall–Kier alpha value is -1.09. The first-order valence-corrected chi connectivity index (χ1v) is 5.53. The number of amides is 1. The number of halogens is 1. The highest BCUT2D eigenvalue weighted by Crippen LogP contribution is 2.45. The number of alkyl halides is 1. The zero-order chi connectivity index (χ0) is 10.7. The molecule has 0 spiro atoms. The summed E-state index contributed by atoms with van der Waals surface area (Å²) in [6, 6.07) is 3.51. The molecule has 0 bridgehead atoms. The van der Waals surface area contributed by atoms with Crippen molar-refractivity contribution in [3.05, 3.63) is 30.1 Å². The van der Waals surface area contributed by atoms with E-state index in [0.717, 1.165) is 12.8 Å². The number of pyridine rings is 1. The van der Waals surface area contributed by atoms with Crippen molar-refractivity contribution in [3.8, 4) is 0 Å². The lowest BCUT2D eigenvalue weighted by Crippen LogP contribution is -2.31. The van der Waals surface area contributed by atoms with Gasteiger partial charge in [0.15, 0.2) is 0 Å². The topological polar surface area (TPSA) is 42.0 Å². The molecule has 1 amide bonds. The van der Waals surface area contributed by atoms with Crippen LogP contribution in [0.25, 0.3) is 0 Å². The third kappa shape index (κ3) is 2.48. The quantitative estimate of drug-likeness (QED) is 0.793. The molecule has 0 unspecified atom stereocenters. The fourth-order valence-electron chi connectivity index (χ4n) is 1.40. The van der Waals surface area contributed by atoms with Crippen molar-refractivity contribution in [2.45, 2.75) is 12.8 Å². The summed E-state index contributed by atoms with van der Waals surface area (Å²) in [5, 5.41) is 2.89. The van der Waals surface area contributed by atoms with Gasteiger partial charge in [0.1, 0.15) is 0 Å². The summed E-state index contributed by atoms with van der Waals surface area (Å²) in [5.41, 5.74) is 0.766. The number of nitrogens with one attached hydrogen (secondary N) is 1. The molecule has 1 heterocycles. The van der Waals surface area contributed by atoms with Crippen LogP contribution in [0.2, 0.25) is 0 Å². The molecule has 1 aromatic rings. The van der Waals surface area contributed by atoms with Crippen LogP contribution in [0.15, 0.2) is 24.5 Å². The summed E-state index contributed by atoms with van der Waals surface area (Å²) in [7, 11) is 0. The van der Waals surface area contributed by atoms with Gasteiger partial charge in [-0.05, 0) is 25.0 Å². The zero-order valence-corrected chi connectivity index (χ0v) is 9.13. The minimum absolute atomic E-state index is 0.0699. The van der Waals surface area contributed by atoms with E-state index in [9.17, 15) is 4.79 Å². The Morgan fingerprint density at radius 1 is 1.60 bits per heavy atom. The molecular formula is C11H13ClN2O. The Kier molecular flexibility index (Phi) is 2.91. The maximum absolute atomic E-state index is 11.6. The van der Waals surface area contributed by atoms with Gasteiger partial charge in [0, 0.05) is 30.2 Å². The minimum Gasteiger partial charge on any atom is -0.351 e. The molecule has 4 heteroatoms. The number of hydrogen-bond donors (Lipinski definition) is 1. The largest absolute Gasteiger partial charge is 0.351 e. The van der Waals surface area contributed by atoms with Gasteiger partial charge >= 0.3 is 0 Å². The smallest absolute Gasteiger partial charge is 0.252 e. The lowest BCUT2D eigenvalue weighted by Gasteiger charge is -2.11. The Morgan fingerprint density at radius 3 is 2.93 bits per heavy atom. The molecule has 15 heavy (non-hydrogen) atoms. The normalized spacial score (nSPS) is 17.1. The molecule has 0 atom stereocenters. The van der Waals surface area contributed by atoms with Crippen molar-refractivity contribution in [2.24, 2.45) is 5.41 Å². The van der Waals surface area contributed by atoms with Gasteiger partial charge < -0.3 is 5.32 Å². The van der Waals surface area contributed by atoms with Crippen LogP contribution in [-0.2, 0) is 0 Å². The van der Waals surface area contributed by atoms with E-state index in [1.807, 2.05) is 0 Å². The van der Waals surface area contributed by atoms with Gasteiger partial charge in [-0.15, -0.1) is 11.6 Å². The molecule has 1 N–H and O–H groups in total. The van der Waals surface area contributed by atoms with E-state index in [2.05, 4.69) is 10.3 Å². The van der Waals surface area contributed by atoms with Gasteiger partial charge in [-0.2, -0.15) is 0 Å². The first-order valence-electron chi connectivity index (χ1n) is 5.00. The van der Waals surface area contributed by atoms with Crippen LogP contribution in [0, 0.1) is 5.41 Å². The number of carbonyl (C=O) groups excluding carboxylic acids is 1. The highest BCUT2D eigenvalue weighted by molar-refractivity contribution is 6.18. The van der Waals surface area contributed by atoms with Crippen molar-refractivity contribution in [1.82, 2.24) is 10.3 Å². The van der Waals surface area contributed by atoms with E-state index in [1.165, 1.54) is 0 Å². The SMILES string of the molecule is O=C(NCC1(CCl)CC1)c1cccnc1. The molecule has 1 aliphatic rings. The summed E-state index contributed by atoms with van der Waals surface area (Å²) >= 11 is 5.82. The molecule has 2 rings (SSSR count). The predicted octanol–water partition coefficient (Wildman–Crippen LogP) is 1.83. The Balaban J connectivity index is 1.88. The van der Waals surface area contributed by atoms with Gasteiger partial charge in [-0.3, -0.25) is 9.78 Å². The van der Waals surface area contributed by atoms with Gasteiger partial charge in [0.25, 0.3) is 5.91 Å². The average molecular weight is 225 g/mol. The number of aromatic nitrogens is 1. The van der Waals surface area contributed by atoms with Crippen LogP contribution in [0.1, 0.15) is 23.2 Å². The van der Waals surface area contributed by atoms with E-state index in [4.69, 9.17) is 11.6 Å². The first kappa shape index (κ1) is 10.4. The van der Waals surface area contributed by atoms with Gasteiger partial charge in [-0.25, -0.2) is 0 Å². The van der Waals surface area contributed by atoms with Crippen LogP contribution < -0.4 is 5.32 Å². The molecular weight excluding hydrogens is 212 g/mol. The fourth-order valence-corrected chi connectivity index (χ4v) is 1.76. The lowest BCUT2D eigenvalue weighted by molar-refractivity contribution is 0.0946. The zero-order valence-electron chi connectivity index (χ0n) is 8.37. The molecule has 1 aromatic heterocycles. The second-order valence-corrected chi connectivity index (χ2v) is 4.33. The van der Waals surface area contributed by atoms with Crippen molar-refractivity contribution in [1.29, 1.82) is 0 Å². The van der Waals surface area contributed by atoms with Crippen molar-refractivity contribution >= 4 is 17.5 Å². The Labute approximate surface area is 93.8 Å². The molecule has 1 fully saturated rings. The first-order chi connectivity index (χ1) is 7.26. The molecule has 0 aliphatic heterocycles. The minimum atomic E-state index is -0.0699. The van der Waals surface area contributed by atoms with Crippen LogP contribution >= 0.6 is 11.6 Å². The highest BCUT2D eigenvalue weighted by atomic mass is 35.5. The van der Waals surface area contributed by atoms with Crippen molar-refractivity contribution in [3.63, 3.8) is 0 Å². The molecule has 1 aliphatic carbocycles. The molecule has 80 valence electrons. The van der Waals surface area contributed by atoms with Crippen LogP contribution in [-0.4, -0.2) is 23.3 Å². The van der Waals surface area contributed by atoms with Gasteiger partial charge in [0.2, 0.25) is 0 Å². The number of carbonyl (C=O) groups is 1. The number of hydrogen-bond acceptors (Lipinski definition) is 2. The third-order valence-corrected chi connectivity index (χ3v) is 3.36. The van der Waals surface area contributed by atoms with Crippen LogP contribution in [0.4, 0.5) is 0 Å². The highest BCUT2D eigenvalue weighted by Gasteiger charge is 2.41. The molecule has 0 aromatic carbocycles. The van der Waals surface area contributed by atoms with E-state index in [1.54, 1.807) is 24.5 Å². The third-order valence-electron chi connectivity index (χ3n) is 2.79. The van der Waals surface area contributed by atoms with E-state index < -0.39 is 0 Å². The van der Waals surface area contributed by atoms with Crippen LogP contribution in [0.3, 0.4) is 0 Å². The Bertz CT molecular complexity index is 349. The Morgan fingerprint density at radius 2 is 2.40 bits per heavy atom.